The van der Waals surface area contributed by atoms with Crippen molar-refractivity contribution >= 4 is 17.2 Å². The number of ether oxygens (including phenoxy) is 2. The first kappa shape index (κ1) is 20.9. The van der Waals surface area contributed by atoms with Gasteiger partial charge in [0.1, 0.15) is 0 Å². The van der Waals surface area contributed by atoms with E-state index in [1.54, 1.807) is 25.0 Å². The van der Waals surface area contributed by atoms with Gasteiger partial charge < -0.3 is 24.3 Å². The second-order valence-electron chi connectivity index (χ2n) is 7.00. The number of anilines is 3. The first-order valence-corrected chi connectivity index (χ1v) is 8.91. The third-order valence-electron chi connectivity index (χ3n) is 4.35. The molecule has 0 saturated heterocycles. The van der Waals surface area contributed by atoms with Gasteiger partial charge in [-0.2, -0.15) is 0 Å². The normalized spacial score (nSPS) is 11.1. The van der Waals surface area contributed by atoms with Crippen LogP contribution < -0.4 is 15.8 Å². The molecule has 0 unspecified atom stereocenters. The fraction of sp³-hybridized carbons (Fsp3) is 0.500. The number of hydrogen-bond donors (Lipinski definition) is 1. The zero-order valence-electron chi connectivity index (χ0n) is 17.3. The predicted molar refractivity (Wildman–Crippen MR) is 110 cm³/mol. The molecule has 0 radical (unpaired) electrons. The summed E-state index contributed by atoms with van der Waals surface area (Å²) in [5.41, 5.74) is 4.64. The van der Waals surface area contributed by atoms with Crippen molar-refractivity contribution in [1.82, 2.24) is 9.55 Å². The summed E-state index contributed by atoms with van der Waals surface area (Å²) in [6, 6.07) is 3.95. The van der Waals surface area contributed by atoms with Crippen LogP contribution in [0.3, 0.4) is 0 Å². The molecule has 27 heavy (non-hydrogen) atoms. The Balaban J connectivity index is 2.54. The van der Waals surface area contributed by atoms with Gasteiger partial charge in [0.25, 0.3) is 5.56 Å². The SMILES string of the molecule is COCC(COC)n1cc(C)nc(Nc2c(C)cc(C)cc2N(C)C)c1=O. The minimum atomic E-state index is -0.220. The lowest BCUT2D eigenvalue weighted by Gasteiger charge is -2.23. The van der Waals surface area contributed by atoms with E-state index in [2.05, 4.69) is 29.4 Å². The predicted octanol–water partition coefficient (Wildman–Crippen LogP) is 2.81. The van der Waals surface area contributed by atoms with Crippen molar-refractivity contribution in [2.75, 3.05) is 51.7 Å². The maximum Gasteiger partial charge on any atom is 0.294 e. The summed E-state index contributed by atoms with van der Waals surface area (Å²) in [4.78, 5) is 19.6. The summed E-state index contributed by atoms with van der Waals surface area (Å²) in [7, 11) is 7.18. The van der Waals surface area contributed by atoms with Gasteiger partial charge in [-0.05, 0) is 38.0 Å². The van der Waals surface area contributed by atoms with Crippen LogP contribution in [0.4, 0.5) is 17.2 Å². The minimum Gasteiger partial charge on any atom is -0.382 e. The Labute approximate surface area is 160 Å². The Hall–Kier alpha value is -2.38. The summed E-state index contributed by atoms with van der Waals surface area (Å²) in [5, 5.41) is 3.27. The van der Waals surface area contributed by atoms with Crippen molar-refractivity contribution in [2.24, 2.45) is 0 Å². The van der Waals surface area contributed by atoms with Gasteiger partial charge >= 0.3 is 0 Å². The number of hydrogen-bond acceptors (Lipinski definition) is 6. The fourth-order valence-electron chi connectivity index (χ4n) is 3.16. The molecule has 2 aromatic rings. The molecule has 1 heterocycles. The smallest absolute Gasteiger partial charge is 0.294 e. The molecule has 0 aliphatic heterocycles. The van der Waals surface area contributed by atoms with Gasteiger partial charge in [0.05, 0.1) is 36.3 Å². The second-order valence-corrected chi connectivity index (χ2v) is 7.00. The van der Waals surface area contributed by atoms with Crippen LogP contribution in [0.2, 0.25) is 0 Å². The van der Waals surface area contributed by atoms with Crippen molar-refractivity contribution < 1.29 is 9.47 Å². The third kappa shape index (κ3) is 4.87. The van der Waals surface area contributed by atoms with Gasteiger partial charge in [0.2, 0.25) is 0 Å². The van der Waals surface area contributed by atoms with Crippen molar-refractivity contribution in [2.45, 2.75) is 26.8 Å². The Morgan fingerprint density at radius 2 is 1.78 bits per heavy atom. The summed E-state index contributed by atoms with van der Waals surface area (Å²) in [6.07, 6.45) is 1.74. The van der Waals surface area contributed by atoms with Crippen molar-refractivity contribution in [3.63, 3.8) is 0 Å². The quantitative estimate of drug-likeness (QED) is 0.766. The molecule has 0 saturated carbocycles. The Kier molecular flexibility index (Phi) is 6.98. The minimum absolute atomic E-state index is 0.204. The van der Waals surface area contributed by atoms with Gasteiger partial charge in [-0.1, -0.05) is 6.07 Å². The lowest BCUT2D eigenvalue weighted by atomic mass is 10.1. The topological polar surface area (TPSA) is 68.6 Å². The van der Waals surface area contributed by atoms with Crippen LogP contribution in [0.15, 0.2) is 23.1 Å². The van der Waals surface area contributed by atoms with Crippen LogP contribution in [0.5, 0.6) is 0 Å². The van der Waals surface area contributed by atoms with E-state index < -0.39 is 0 Å². The molecule has 1 aromatic heterocycles. The Morgan fingerprint density at radius 3 is 2.33 bits per heavy atom. The number of methoxy groups -OCH3 is 2. The van der Waals surface area contributed by atoms with E-state index in [4.69, 9.17) is 9.47 Å². The van der Waals surface area contributed by atoms with E-state index in [1.807, 2.05) is 32.8 Å². The molecule has 7 heteroatoms. The highest BCUT2D eigenvalue weighted by atomic mass is 16.5. The van der Waals surface area contributed by atoms with Crippen LogP contribution in [0, 0.1) is 20.8 Å². The van der Waals surface area contributed by atoms with Crippen LogP contribution in [-0.4, -0.2) is 51.1 Å². The molecule has 0 bridgehead atoms. The molecule has 0 spiro atoms. The average molecular weight is 374 g/mol. The summed E-state index contributed by atoms with van der Waals surface area (Å²) < 4.78 is 12.2. The van der Waals surface area contributed by atoms with Crippen molar-refractivity contribution in [3.8, 4) is 0 Å². The second kappa shape index (κ2) is 9.01. The number of rotatable bonds is 8. The van der Waals surface area contributed by atoms with Gasteiger partial charge in [-0.3, -0.25) is 4.79 Å². The lowest BCUT2D eigenvalue weighted by Crippen LogP contribution is -2.32. The number of aryl methyl sites for hydroxylation is 3. The molecule has 7 nitrogen and oxygen atoms in total. The van der Waals surface area contributed by atoms with Gasteiger partial charge in [0.15, 0.2) is 5.82 Å². The lowest BCUT2D eigenvalue weighted by molar-refractivity contribution is 0.0878. The summed E-state index contributed by atoms with van der Waals surface area (Å²) in [6.45, 7) is 6.70. The van der Waals surface area contributed by atoms with Crippen LogP contribution in [0.1, 0.15) is 22.9 Å². The third-order valence-corrected chi connectivity index (χ3v) is 4.35. The molecule has 0 amide bonds. The zero-order valence-corrected chi connectivity index (χ0v) is 17.3. The molecule has 0 aliphatic carbocycles. The number of nitrogens with zero attached hydrogens (tertiary/aromatic N) is 3. The number of aromatic nitrogens is 2. The largest absolute Gasteiger partial charge is 0.382 e. The van der Waals surface area contributed by atoms with Gasteiger partial charge in [-0.15, -0.1) is 0 Å². The van der Waals surface area contributed by atoms with Gasteiger partial charge in [0, 0.05) is 34.5 Å². The maximum absolute atomic E-state index is 13.1. The maximum atomic E-state index is 13.1. The van der Waals surface area contributed by atoms with E-state index in [0.29, 0.717) is 19.0 Å². The van der Waals surface area contributed by atoms with Crippen molar-refractivity contribution in [1.29, 1.82) is 0 Å². The summed E-state index contributed by atoms with van der Waals surface area (Å²) in [5.74, 6) is 0.294. The standard InChI is InChI=1S/C20H30N4O3/c1-13-8-14(2)18(17(9-13)23(4)5)22-19-20(25)24(10-15(3)21-19)16(11-26-6)12-27-7/h8-10,16H,11-12H2,1-7H3,(H,21,22). The van der Waals surface area contributed by atoms with E-state index in [1.165, 1.54) is 0 Å². The van der Waals surface area contributed by atoms with E-state index in [9.17, 15) is 4.79 Å². The summed E-state index contributed by atoms with van der Waals surface area (Å²) >= 11 is 0. The molecule has 0 fully saturated rings. The van der Waals surface area contributed by atoms with Crippen LogP contribution in [0.25, 0.3) is 0 Å². The highest BCUT2D eigenvalue weighted by Crippen LogP contribution is 2.31. The Bertz CT molecular complexity index is 840. The van der Waals surface area contributed by atoms with Crippen LogP contribution >= 0.6 is 0 Å². The molecule has 2 rings (SSSR count). The highest BCUT2D eigenvalue weighted by Gasteiger charge is 2.18. The number of benzene rings is 1. The average Bonchev–Trinajstić information content (AvgIpc) is 2.59. The van der Waals surface area contributed by atoms with Crippen molar-refractivity contribution in [3.05, 3.63) is 45.5 Å². The first-order valence-electron chi connectivity index (χ1n) is 8.91. The van der Waals surface area contributed by atoms with E-state index in [-0.39, 0.29) is 11.6 Å². The number of nitrogens with one attached hydrogen (secondary N) is 1. The molecule has 148 valence electrons. The van der Waals surface area contributed by atoms with E-state index >= 15 is 0 Å². The van der Waals surface area contributed by atoms with Crippen LogP contribution in [-0.2, 0) is 9.47 Å². The van der Waals surface area contributed by atoms with E-state index in [0.717, 1.165) is 28.2 Å². The first-order chi connectivity index (χ1) is 12.8. The molecular formula is C20H30N4O3. The van der Waals surface area contributed by atoms with Gasteiger partial charge in [-0.25, -0.2) is 4.98 Å². The molecule has 1 aromatic carbocycles. The Morgan fingerprint density at radius 1 is 1.15 bits per heavy atom. The molecule has 0 atom stereocenters. The molecule has 1 N–H and O–H groups in total. The molecule has 0 aliphatic rings. The monoisotopic (exact) mass is 374 g/mol. The zero-order chi connectivity index (χ0) is 20.1. The highest BCUT2D eigenvalue weighted by molar-refractivity contribution is 5.77. The molecular weight excluding hydrogens is 344 g/mol. The fourth-order valence-corrected chi connectivity index (χ4v) is 3.16.